The highest BCUT2D eigenvalue weighted by Crippen LogP contribution is 2.30. The molecule has 2 N–H and O–H groups in total. The molecule has 0 saturated heterocycles. The third-order valence-electron chi connectivity index (χ3n) is 2.39. The van der Waals surface area contributed by atoms with Crippen LogP contribution in [0.5, 0.6) is 5.75 Å². The zero-order chi connectivity index (χ0) is 12.6. The minimum absolute atomic E-state index is 0.0586. The van der Waals surface area contributed by atoms with E-state index in [4.69, 9.17) is 13.2 Å². The fourth-order valence-corrected chi connectivity index (χ4v) is 1.23. The van der Waals surface area contributed by atoms with Crippen molar-refractivity contribution in [1.82, 2.24) is 0 Å². The number of ether oxygens (including phenoxy) is 1. The van der Waals surface area contributed by atoms with Crippen molar-refractivity contribution in [2.45, 2.75) is 25.8 Å². The van der Waals surface area contributed by atoms with E-state index >= 15 is 0 Å². The molecular weight excluding hydrogens is 193 g/mol. The smallest absolute Gasteiger partial charge is 0.165 e. The van der Waals surface area contributed by atoms with Gasteiger partial charge in [0.15, 0.2) is 11.6 Å². The number of halogens is 1. The molecule has 1 aliphatic rings. The lowest BCUT2D eigenvalue weighted by molar-refractivity contribution is 0.285. The largest absolute Gasteiger partial charge is 0.490 e. The Morgan fingerprint density at radius 3 is 3.00 bits per heavy atom. The summed E-state index contributed by atoms with van der Waals surface area (Å²) in [5.41, 5.74) is 6.43. The third-order valence-corrected chi connectivity index (χ3v) is 2.39. The van der Waals surface area contributed by atoms with E-state index in [0.717, 1.165) is 18.4 Å². The van der Waals surface area contributed by atoms with E-state index < -0.39 is 12.4 Å². The summed E-state index contributed by atoms with van der Waals surface area (Å²) in [5.74, 6) is -0.739. The van der Waals surface area contributed by atoms with Gasteiger partial charge in [-0.05, 0) is 43.4 Å². The minimum Gasteiger partial charge on any atom is -0.490 e. The summed E-state index contributed by atoms with van der Waals surface area (Å²) in [5, 5.41) is 0. The molecular formula is C12H16FNO. The quantitative estimate of drug-likeness (QED) is 0.831. The number of benzene rings is 1. The molecule has 1 unspecified atom stereocenters. The predicted molar refractivity (Wildman–Crippen MR) is 57.2 cm³/mol. The molecule has 15 heavy (non-hydrogen) atoms. The van der Waals surface area contributed by atoms with Crippen LogP contribution >= 0.6 is 0 Å². The molecule has 0 heterocycles. The lowest BCUT2D eigenvalue weighted by atomic mass is 10.1. The van der Waals surface area contributed by atoms with Gasteiger partial charge in [0.25, 0.3) is 0 Å². The van der Waals surface area contributed by atoms with Crippen LogP contribution in [-0.2, 0) is 0 Å². The van der Waals surface area contributed by atoms with Crippen LogP contribution in [0.3, 0.4) is 0 Å². The zero-order valence-corrected chi connectivity index (χ0v) is 8.66. The van der Waals surface area contributed by atoms with E-state index in [0.29, 0.717) is 0 Å². The molecule has 1 fully saturated rings. The highest BCUT2D eigenvalue weighted by Gasteiger charge is 2.22. The second kappa shape index (κ2) is 4.19. The first kappa shape index (κ1) is 8.11. The zero-order valence-electron chi connectivity index (χ0n) is 10.7. The van der Waals surface area contributed by atoms with Crippen molar-refractivity contribution in [2.75, 3.05) is 6.56 Å². The van der Waals surface area contributed by atoms with Gasteiger partial charge in [-0.2, -0.15) is 0 Å². The molecule has 0 aromatic heterocycles. The summed E-state index contributed by atoms with van der Waals surface area (Å²) in [6.07, 6.45) is 1.59. The van der Waals surface area contributed by atoms with Crippen molar-refractivity contribution >= 4 is 0 Å². The second-order valence-corrected chi connectivity index (χ2v) is 3.97. The first-order valence-electron chi connectivity index (χ1n) is 6.14. The van der Waals surface area contributed by atoms with E-state index in [-0.39, 0.29) is 17.7 Å². The van der Waals surface area contributed by atoms with Crippen LogP contribution in [-0.4, -0.2) is 6.56 Å². The predicted octanol–water partition coefficient (Wildman–Crippen LogP) is 2.63. The van der Waals surface area contributed by atoms with Crippen molar-refractivity contribution in [2.24, 2.45) is 11.7 Å². The van der Waals surface area contributed by atoms with E-state index in [1.807, 2.05) is 0 Å². The molecule has 1 atom stereocenters. The highest BCUT2D eigenvalue weighted by molar-refractivity contribution is 5.31. The van der Waals surface area contributed by atoms with Crippen molar-refractivity contribution in [3.8, 4) is 5.75 Å². The number of rotatable bonds is 4. The van der Waals surface area contributed by atoms with E-state index in [2.05, 4.69) is 0 Å². The van der Waals surface area contributed by atoms with Crippen molar-refractivity contribution in [3.63, 3.8) is 0 Å². The molecule has 1 aromatic rings. The van der Waals surface area contributed by atoms with Gasteiger partial charge in [0.2, 0.25) is 0 Å². The van der Waals surface area contributed by atoms with Crippen molar-refractivity contribution in [3.05, 3.63) is 29.6 Å². The fourth-order valence-electron chi connectivity index (χ4n) is 1.23. The molecule has 3 heteroatoms. The maximum atomic E-state index is 13.5. The van der Waals surface area contributed by atoms with Crippen LogP contribution in [0.1, 0.15) is 34.1 Å². The average Bonchev–Trinajstić information content (AvgIpc) is 3.04. The molecule has 2 nitrogen and oxygen atoms in total. The highest BCUT2D eigenvalue weighted by atomic mass is 19.1. The lowest BCUT2D eigenvalue weighted by Gasteiger charge is -2.10. The van der Waals surface area contributed by atoms with Gasteiger partial charge in [-0.1, -0.05) is 6.07 Å². The standard InChI is InChI=1S/C12H16FNO/c1-8(14)10-4-5-11(13)12(6-10)15-7-9-2-3-9/h4-6,8-9H,2-3,7,14H2,1H3/i7D2. The molecule has 0 amide bonds. The first-order valence-corrected chi connectivity index (χ1v) is 5.14. The maximum absolute atomic E-state index is 13.5. The monoisotopic (exact) mass is 211 g/mol. The normalized spacial score (nSPS) is 20.5. The van der Waals surface area contributed by atoms with Crippen LogP contribution in [0.4, 0.5) is 4.39 Å². The molecule has 1 saturated carbocycles. The average molecular weight is 211 g/mol. The van der Waals surface area contributed by atoms with E-state index in [1.54, 1.807) is 13.0 Å². The van der Waals surface area contributed by atoms with Crippen LogP contribution in [0, 0.1) is 11.7 Å². The summed E-state index contributed by atoms with van der Waals surface area (Å²) in [4.78, 5) is 0. The minimum atomic E-state index is -1.79. The lowest BCUT2D eigenvalue weighted by Crippen LogP contribution is -2.07. The number of nitrogens with two attached hydrogens (primary N) is 1. The van der Waals surface area contributed by atoms with Crippen LogP contribution < -0.4 is 10.5 Å². The van der Waals surface area contributed by atoms with Crippen molar-refractivity contribution < 1.29 is 11.9 Å². The van der Waals surface area contributed by atoms with Gasteiger partial charge < -0.3 is 10.5 Å². The van der Waals surface area contributed by atoms with E-state index in [1.165, 1.54) is 12.1 Å². The molecule has 0 radical (unpaired) electrons. The molecule has 0 bridgehead atoms. The third kappa shape index (κ3) is 2.69. The molecule has 0 spiro atoms. The summed E-state index contributed by atoms with van der Waals surface area (Å²) >= 11 is 0. The van der Waals surface area contributed by atoms with Crippen LogP contribution in [0.25, 0.3) is 0 Å². The van der Waals surface area contributed by atoms with Gasteiger partial charge in [-0.3, -0.25) is 0 Å². The Morgan fingerprint density at radius 2 is 2.40 bits per heavy atom. The fraction of sp³-hybridized carbons (Fsp3) is 0.500. The summed E-state index contributed by atoms with van der Waals surface area (Å²) < 4.78 is 34.1. The Kier molecular flexibility index (Phi) is 2.26. The van der Waals surface area contributed by atoms with Crippen LogP contribution in [0.15, 0.2) is 18.2 Å². The van der Waals surface area contributed by atoms with E-state index in [9.17, 15) is 4.39 Å². The molecule has 1 aliphatic carbocycles. The number of hydrogen-bond acceptors (Lipinski definition) is 2. The Morgan fingerprint density at radius 1 is 1.67 bits per heavy atom. The van der Waals surface area contributed by atoms with Crippen LogP contribution in [0.2, 0.25) is 0 Å². The van der Waals surface area contributed by atoms with Gasteiger partial charge in [0, 0.05) is 6.04 Å². The molecule has 82 valence electrons. The Hall–Kier alpha value is -1.09. The molecule has 2 rings (SSSR count). The van der Waals surface area contributed by atoms with Gasteiger partial charge in [0.05, 0.1) is 9.30 Å². The topological polar surface area (TPSA) is 35.2 Å². The summed E-state index contributed by atoms with van der Waals surface area (Å²) in [7, 11) is 0. The Balaban J connectivity index is 2.22. The number of hydrogen-bond donors (Lipinski definition) is 1. The molecule has 0 aliphatic heterocycles. The van der Waals surface area contributed by atoms with Gasteiger partial charge in [-0.15, -0.1) is 0 Å². The van der Waals surface area contributed by atoms with Crippen molar-refractivity contribution in [1.29, 1.82) is 0 Å². The van der Waals surface area contributed by atoms with Gasteiger partial charge >= 0.3 is 0 Å². The Bertz CT molecular complexity index is 419. The van der Waals surface area contributed by atoms with Gasteiger partial charge in [0.1, 0.15) is 0 Å². The summed E-state index contributed by atoms with van der Waals surface area (Å²) in [6.45, 7) is -0.0101. The molecule has 1 aromatic carbocycles. The maximum Gasteiger partial charge on any atom is 0.165 e. The second-order valence-electron chi connectivity index (χ2n) is 3.97. The Labute approximate surface area is 92.0 Å². The summed E-state index contributed by atoms with van der Waals surface area (Å²) in [6, 6.07) is 4.08. The SMILES string of the molecule is [2H]C([2H])(Oc1cc(C(C)N)ccc1F)C1CC1. The first-order chi connectivity index (χ1) is 7.90. The van der Waals surface area contributed by atoms with Gasteiger partial charge in [-0.25, -0.2) is 4.39 Å².